The van der Waals surface area contributed by atoms with Gasteiger partial charge in [0.1, 0.15) is 0 Å². The van der Waals surface area contributed by atoms with Gasteiger partial charge in [-0.3, -0.25) is 9.59 Å². The number of rotatable bonds is 4. The van der Waals surface area contributed by atoms with Crippen molar-refractivity contribution in [3.8, 4) is 11.1 Å². The highest BCUT2D eigenvalue weighted by Gasteiger charge is 2.07. The van der Waals surface area contributed by atoms with E-state index in [4.69, 9.17) is 5.73 Å². The zero-order valence-corrected chi connectivity index (χ0v) is 12.7. The maximum atomic E-state index is 11.4. The number of aromatic nitrogens is 2. The first kappa shape index (κ1) is 15.4. The van der Waals surface area contributed by atoms with Gasteiger partial charge in [0.15, 0.2) is 0 Å². The van der Waals surface area contributed by atoms with E-state index in [0.29, 0.717) is 11.2 Å². The molecule has 3 rings (SSSR count). The minimum atomic E-state index is -0.670. The zero-order chi connectivity index (χ0) is 17.1. The summed E-state index contributed by atoms with van der Waals surface area (Å²) in [5.74, 6) is -0.965. The lowest BCUT2D eigenvalue weighted by Gasteiger charge is -2.07. The molecule has 0 aliphatic heterocycles. The molecule has 6 heteroatoms. The summed E-state index contributed by atoms with van der Waals surface area (Å²) in [4.78, 5) is 30.7. The van der Waals surface area contributed by atoms with Gasteiger partial charge < -0.3 is 11.1 Å². The fraction of sp³-hybridized carbons (Fsp3) is 0. The predicted molar refractivity (Wildman–Crippen MR) is 92.3 cm³/mol. The van der Waals surface area contributed by atoms with E-state index in [-0.39, 0.29) is 11.7 Å². The Balaban J connectivity index is 2.02. The summed E-state index contributed by atoms with van der Waals surface area (Å²) in [7, 11) is 0. The van der Waals surface area contributed by atoms with Crippen LogP contribution in [0.15, 0.2) is 61.3 Å². The van der Waals surface area contributed by atoms with Gasteiger partial charge in [-0.05, 0) is 35.4 Å². The quantitative estimate of drug-likeness (QED) is 0.722. The molecule has 0 aliphatic rings. The lowest BCUT2D eigenvalue weighted by molar-refractivity contribution is -0.111. The number of amides is 2. The largest absolute Gasteiger partial charge is 0.363 e. The number of carbonyl (C=O) groups excluding carboxylic acids is 2. The molecule has 0 unspecified atom stereocenters. The van der Waals surface area contributed by atoms with Gasteiger partial charge in [0, 0.05) is 17.3 Å². The van der Waals surface area contributed by atoms with E-state index in [1.165, 1.54) is 6.08 Å². The van der Waals surface area contributed by atoms with Crippen molar-refractivity contribution >= 4 is 28.4 Å². The molecule has 118 valence electrons. The summed E-state index contributed by atoms with van der Waals surface area (Å²) in [6, 6.07) is 13.0. The second-order valence-electron chi connectivity index (χ2n) is 5.11. The van der Waals surface area contributed by atoms with Gasteiger partial charge in [-0.25, -0.2) is 9.97 Å². The summed E-state index contributed by atoms with van der Waals surface area (Å²) >= 11 is 0. The molecule has 0 aliphatic carbocycles. The zero-order valence-electron chi connectivity index (χ0n) is 12.7. The molecule has 0 atom stereocenters. The second kappa shape index (κ2) is 6.29. The van der Waals surface area contributed by atoms with Crippen LogP contribution in [0.2, 0.25) is 0 Å². The van der Waals surface area contributed by atoms with Crippen molar-refractivity contribution in [1.82, 2.24) is 9.97 Å². The van der Waals surface area contributed by atoms with Gasteiger partial charge in [0.2, 0.25) is 11.7 Å². The number of anilines is 1. The van der Waals surface area contributed by atoms with Crippen LogP contribution in [0.3, 0.4) is 0 Å². The van der Waals surface area contributed by atoms with Gasteiger partial charge in [-0.15, -0.1) is 0 Å². The standard InChI is InChI=1S/C18H14N4O2/c1-2-16(23)21-14-5-3-4-11(8-14)12-6-7-13-10-20-18(17(19)24)22-15(13)9-12/h2-10H,1H2,(H2,19,24)(H,21,23). The molecule has 0 spiro atoms. The highest BCUT2D eigenvalue weighted by Crippen LogP contribution is 2.25. The van der Waals surface area contributed by atoms with Crippen LogP contribution in [0.5, 0.6) is 0 Å². The van der Waals surface area contributed by atoms with Crippen molar-refractivity contribution in [2.45, 2.75) is 0 Å². The summed E-state index contributed by atoms with van der Waals surface area (Å²) in [5.41, 5.74) is 8.30. The number of hydrogen-bond donors (Lipinski definition) is 2. The van der Waals surface area contributed by atoms with Crippen LogP contribution in [0.1, 0.15) is 10.6 Å². The Hall–Kier alpha value is -3.54. The molecule has 2 amide bonds. The molecule has 3 N–H and O–H groups in total. The molecule has 1 heterocycles. The highest BCUT2D eigenvalue weighted by molar-refractivity contribution is 5.99. The fourth-order valence-electron chi connectivity index (χ4n) is 2.29. The second-order valence-corrected chi connectivity index (χ2v) is 5.11. The Kier molecular flexibility index (Phi) is 4.03. The van der Waals surface area contributed by atoms with Gasteiger partial charge in [0.25, 0.3) is 5.91 Å². The topological polar surface area (TPSA) is 98.0 Å². The van der Waals surface area contributed by atoms with E-state index in [2.05, 4.69) is 21.9 Å². The first-order valence-corrected chi connectivity index (χ1v) is 7.17. The molecule has 0 fully saturated rings. The van der Waals surface area contributed by atoms with E-state index < -0.39 is 5.91 Å². The molecule has 1 aromatic heterocycles. The van der Waals surface area contributed by atoms with Crippen LogP contribution in [0, 0.1) is 0 Å². The van der Waals surface area contributed by atoms with E-state index in [0.717, 1.165) is 16.5 Å². The number of nitrogens with one attached hydrogen (secondary N) is 1. The summed E-state index contributed by atoms with van der Waals surface area (Å²) in [5, 5.41) is 3.52. The van der Waals surface area contributed by atoms with Crippen molar-refractivity contribution in [3.05, 3.63) is 67.1 Å². The third-order valence-corrected chi connectivity index (χ3v) is 3.45. The predicted octanol–water partition coefficient (Wildman–Crippen LogP) is 2.52. The highest BCUT2D eigenvalue weighted by atomic mass is 16.1. The average Bonchev–Trinajstić information content (AvgIpc) is 2.60. The smallest absolute Gasteiger partial charge is 0.286 e. The van der Waals surface area contributed by atoms with Crippen LogP contribution >= 0.6 is 0 Å². The van der Waals surface area contributed by atoms with Crippen molar-refractivity contribution in [2.75, 3.05) is 5.32 Å². The fourth-order valence-corrected chi connectivity index (χ4v) is 2.29. The van der Waals surface area contributed by atoms with Gasteiger partial charge in [-0.1, -0.05) is 30.8 Å². The van der Waals surface area contributed by atoms with Crippen molar-refractivity contribution < 1.29 is 9.59 Å². The Morgan fingerprint density at radius 3 is 2.67 bits per heavy atom. The number of nitrogens with two attached hydrogens (primary N) is 1. The maximum Gasteiger partial charge on any atom is 0.286 e. The van der Waals surface area contributed by atoms with E-state index in [1.54, 1.807) is 12.3 Å². The first-order chi connectivity index (χ1) is 11.6. The number of nitrogens with zero attached hydrogens (tertiary/aromatic N) is 2. The lowest BCUT2D eigenvalue weighted by atomic mass is 10.0. The van der Waals surface area contributed by atoms with Gasteiger partial charge in [-0.2, -0.15) is 0 Å². The van der Waals surface area contributed by atoms with Crippen molar-refractivity contribution in [2.24, 2.45) is 5.73 Å². The van der Waals surface area contributed by atoms with E-state index in [9.17, 15) is 9.59 Å². The monoisotopic (exact) mass is 318 g/mol. The number of carbonyl (C=O) groups is 2. The van der Waals surface area contributed by atoms with Crippen LogP contribution in [-0.4, -0.2) is 21.8 Å². The third kappa shape index (κ3) is 3.12. The minimum absolute atomic E-state index is 0.0216. The molecule has 2 aromatic carbocycles. The molecule has 0 radical (unpaired) electrons. The van der Waals surface area contributed by atoms with Crippen LogP contribution in [0.4, 0.5) is 5.69 Å². The first-order valence-electron chi connectivity index (χ1n) is 7.17. The Labute approximate surface area is 138 Å². The minimum Gasteiger partial charge on any atom is -0.363 e. The normalized spacial score (nSPS) is 10.3. The number of benzene rings is 2. The molecule has 0 bridgehead atoms. The van der Waals surface area contributed by atoms with Gasteiger partial charge in [0.05, 0.1) is 5.52 Å². The Morgan fingerprint density at radius 1 is 1.12 bits per heavy atom. The molecule has 0 saturated carbocycles. The van der Waals surface area contributed by atoms with Crippen molar-refractivity contribution in [3.63, 3.8) is 0 Å². The van der Waals surface area contributed by atoms with Crippen LogP contribution < -0.4 is 11.1 Å². The van der Waals surface area contributed by atoms with Crippen molar-refractivity contribution in [1.29, 1.82) is 0 Å². The number of fused-ring (bicyclic) bond motifs is 1. The van der Waals surface area contributed by atoms with E-state index in [1.807, 2.05) is 36.4 Å². The maximum absolute atomic E-state index is 11.4. The summed E-state index contributed by atoms with van der Waals surface area (Å²) < 4.78 is 0. The molecule has 6 nitrogen and oxygen atoms in total. The summed E-state index contributed by atoms with van der Waals surface area (Å²) in [6.45, 7) is 3.43. The molecule has 3 aromatic rings. The molecule has 24 heavy (non-hydrogen) atoms. The Bertz CT molecular complexity index is 966. The SMILES string of the molecule is C=CC(=O)Nc1cccc(-c2ccc3cnc(C(N)=O)nc3c2)c1. The number of primary amides is 1. The van der Waals surface area contributed by atoms with E-state index >= 15 is 0 Å². The molecule has 0 saturated heterocycles. The number of hydrogen-bond acceptors (Lipinski definition) is 4. The molecular formula is C18H14N4O2. The summed E-state index contributed by atoms with van der Waals surface area (Å²) in [6.07, 6.45) is 2.78. The third-order valence-electron chi connectivity index (χ3n) is 3.45. The average molecular weight is 318 g/mol. The van der Waals surface area contributed by atoms with Gasteiger partial charge >= 0.3 is 0 Å². The lowest BCUT2D eigenvalue weighted by Crippen LogP contribution is -2.14. The van der Waals surface area contributed by atoms with Crippen LogP contribution in [0.25, 0.3) is 22.0 Å². The Morgan fingerprint density at radius 2 is 1.92 bits per heavy atom. The van der Waals surface area contributed by atoms with Crippen LogP contribution in [-0.2, 0) is 4.79 Å². The molecular weight excluding hydrogens is 304 g/mol.